The van der Waals surface area contributed by atoms with Crippen LogP contribution in [0.25, 0.3) is 11.1 Å². The summed E-state index contributed by atoms with van der Waals surface area (Å²) < 4.78 is 25.1. The van der Waals surface area contributed by atoms with Crippen molar-refractivity contribution < 1.29 is 13.5 Å². The number of aromatic amines is 1. The van der Waals surface area contributed by atoms with Gasteiger partial charge in [-0.15, -0.1) is 0 Å². The Morgan fingerprint density at radius 3 is 2.81 bits per heavy atom. The molecular formula is C15H19FN2O3. The van der Waals surface area contributed by atoms with Gasteiger partial charge in [-0.1, -0.05) is 0 Å². The van der Waals surface area contributed by atoms with Crippen LogP contribution in [0.2, 0.25) is 0 Å². The van der Waals surface area contributed by atoms with Gasteiger partial charge in [-0.2, -0.15) is 0 Å². The molecule has 114 valence electrons. The number of halogens is 1. The maximum Gasteiger partial charge on any atom is 0.417 e. The van der Waals surface area contributed by atoms with Crippen LogP contribution in [0.15, 0.2) is 21.3 Å². The van der Waals surface area contributed by atoms with Gasteiger partial charge in [0.05, 0.1) is 29.5 Å². The highest BCUT2D eigenvalue weighted by Gasteiger charge is 2.30. The fraction of sp³-hybridized carbons (Fsp3) is 0.533. The molecular weight excluding hydrogens is 275 g/mol. The highest BCUT2D eigenvalue weighted by molar-refractivity contribution is 5.77. The standard InChI is InChI=1S/C15H19FN2O3/c1-8-4-5-12(9(2)20-8)18(3)13-7-14-11(6-10(13)16)17-15(19)21-14/h6-9,12H,4-5H2,1-3H3,(H,17,19). The van der Waals surface area contributed by atoms with E-state index >= 15 is 0 Å². The molecule has 0 bridgehead atoms. The van der Waals surface area contributed by atoms with E-state index in [2.05, 4.69) is 4.98 Å². The molecule has 2 heterocycles. The predicted octanol–water partition coefficient (Wildman–Crippen LogP) is 2.65. The smallest absolute Gasteiger partial charge is 0.408 e. The highest BCUT2D eigenvalue weighted by atomic mass is 19.1. The lowest BCUT2D eigenvalue weighted by Crippen LogP contribution is -2.46. The summed E-state index contributed by atoms with van der Waals surface area (Å²) in [5.74, 6) is -0.958. The summed E-state index contributed by atoms with van der Waals surface area (Å²) in [5, 5.41) is 0. The average molecular weight is 294 g/mol. The molecule has 0 saturated carbocycles. The van der Waals surface area contributed by atoms with Crippen LogP contribution in [-0.4, -0.2) is 30.3 Å². The number of benzene rings is 1. The van der Waals surface area contributed by atoms with Gasteiger partial charge < -0.3 is 14.1 Å². The van der Waals surface area contributed by atoms with Crippen LogP contribution < -0.4 is 10.7 Å². The molecule has 1 aliphatic heterocycles. The van der Waals surface area contributed by atoms with E-state index in [4.69, 9.17) is 9.15 Å². The number of nitrogens with one attached hydrogen (secondary N) is 1. The maximum absolute atomic E-state index is 14.3. The van der Waals surface area contributed by atoms with Crippen LogP contribution >= 0.6 is 0 Å². The van der Waals surface area contributed by atoms with Crippen LogP contribution in [0, 0.1) is 5.82 Å². The van der Waals surface area contributed by atoms with Crippen LogP contribution in [0.5, 0.6) is 0 Å². The molecule has 1 aromatic carbocycles. The Hall–Kier alpha value is -1.82. The molecule has 1 fully saturated rings. The number of fused-ring (bicyclic) bond motifs is 1. The average Bonchev–Trinajstić information content (AvgIpc) is 2.76. The first-order valence-electron chi connectivity index (χ1n) is 7.16. The van der Waals surface area contributed by atoms with Crippen molar-refractivity contribution in [2.24, 2.45) is 0 Å². The first kappa shape index (κ1) is 14.1. The molecule has 0 aliphatic carbocycles. The van der Waals surface area contributed by atoms with E-state index in [-0.39, 0.29) is 24.1 Å². The molecule has 5 nitrogen and oxygen atoms in total. The fourth-order valence-corrected chi connectivity index (χ4v) is 3.08. The molecule has 21 heavy (non-hydrogen) atoms. The maximum atomic E-state index is 14.3. The van der Waals surface area contributed by atoms with E-state index in [1.807, 2.05) is 25.8 Å². The molecule has 1 aliphatic rings. The Bertz CT molecular complexity index is 708. The van der Waals surface area contributed by atoms with Crippen molar-refractivity contribution in [3.05, 3.63) is 28.5 Å². The fourth-order valence-electron chi connectivity index (χ4n) is 3.08. The molecule has 1 N–H and O–H groups in total. The van der Waals surface area contributed by atoms with E-state index in [9.17, 15) is 9.18 Å². The van der Waals surface area contributed by atoms with E-state index < -0.39 is 5.76 Å². The van der Waals surface area contributed by atoms with Gasteiger partial charge in [-0.25, -0.2) is 9.18 Å². The van der Waals surface area contributed by atoms with Crippen molar-refractivity contribution in [2.45, 2.75) is 44.9 Å². The summed E-state index contributed by atoms with van der Waals surface area (Å²) in [6.07, 6.45) is 2.14. The molecule has 3 rings (SSSR count). The van der Waals surface area contributed by atoms with Crippen molar-refractivity contribution in [3.8, 4) is 0 Å². The molecule has 0 radical (unpaired) electrons. The molecule has 1 aromatic heterocycles. The van der Waals surface area contributed by atoms with Gasteiger partial charge in [0.25, 0.3) is 0 Å². The van der Waals surface area contributed by atoms with Crippen LogP contribution in [0.3, 0.4) is 0 Å². The number of nitrogens with zero attached hydrogens (tertiary/aromatic N) is 1. The predicted molar refractivity (Wildman–Crippen MR) is 78.2 cm³/mol. The van der Waals surface area contributed by atoms with Gasteiger partial charge >= 0.3 is 5.76 Å². The second-order valence-electron chi connectivity index (χ2n) is 5.72. The Labute approximate surface area is 121 Å². The number of H-pyrrole nitrogens is 1. The topological polar surface area (TPSA) is 58.5 Å². The van der Waals surface area contributed by atoms with E-state index in [0.29, 0.717) is 16.8 Å². The van der Waals surface area contributed by atoms with Crippen molar-refractivity contribution in [1.29, 1.82) is 0 Å². The third-order valence-corrected chi connectivity index (χ3v) is 4.22. The second kappa shape index (κ2) is 5.18. The Morgan fingerprint density at radius 1 is 1.33 bits per heavy atom. The number of ether oxygens (including phenoxy) is 1. The third-order valence-electron chi connectivity index (χ3n) is 4.22. The second-order valence-corrected chi connectivity index (χ2v) is 5.72. The van der Waals surface area contributed by atoms with Crippen LogP contribution in [-0.2, 0) is 4.74 Å². The summed E-state index contributed by atoms with van der Waals surface area (Å²) in [6.45, 7) is 4.05. The summed E-state index contributed by atoms with van der Waals surface area (Å²) in [4.78, 5) is 15.5. The number of aromatic nitrogens is 1. The summed E-state index contributed by atoms with van der Waals surface area (Å²) >= 11 is 0. The molecule has 3 unspecified atom stereocenters. The Morgan fingerprint density at radius 2 is 2.10 bits per heavy atom. The molecule has 2 aromatic rings. The monoisotopic (exact) mass is 294 g/mol. The summed E-state index contributed by atoms with van der Waals surface area (Å²) in [7, 11) is 1.84. The lowest BCUT2D eigenvalue weighted by molar-refractivity contribution is -0.0419. The number of oxazole rings is 1. The van der Waals surface area contributed by atoms with E-state index in [1.54, 1.807) is 6.07 Å². The Kier molecular flexibility index (Phi) is 3.49. The third kappa shape index (κ3) is 2.55. The van der Waals surface area contributed by atoms with Crippen LogP contribution in [0.1, 0.15) is 26.7 Å². The van der Waals surface area contributed by atoms with E-state index in [1.165, 1.54) is 6.07 Å². The first-order chi connectivity index (χ1) is 9.95. The van der Waals surface area contributed by atoms with Crippen molar-refractivity contribution in [2.75, 3.05) is 11.9 Å². The first-order valence-corrected chi connectivity index (χ1v) is 7.16. The number of hydrogen-bond acceptors (Lipinski definition) is 4. The zero-order chi connectivity index (χ0) is 15.1. The SMILES string of the molecule is CC1CCC(N(C)c2cc3oc(=O)[nH]c3cc2F)C(C)O1. The number of rotatable bonds is 2. The lowest BCUT2D eigenvalue weighted by Gasteiger charge is -2.39. The largest absolute Gasteiger partial charge is 0.417 e. The minimum absolute atomic E-state index is 0.0204. The number of likely N-dealkylation sites (N-methyl/N-ethyl adjacent to an activating group) is 1. The normalized spacial score (nSPS) is 26.2. The van der Waals surface area contributed by atoms with Crippen LogP contribution in [0.4, 0.5) is 10.1 Å². The highest BCUT2D eigenvalue weighted by Crippen LogP contribution is 2.30. The zero-order valence-electron chi connectivity index (χ0n) is 12.4. The van der Waals surface area contributed by atoms with Crippen molar-refractivity contribution in [3.63, 3.8) is 0 Å². The van der Waals surface area contributed by atoms with Gasteiger partial charge in [0.1, 0.15) is 5.82 Å². The van der Waals surface area contributed by atoms with Crippen molar-refractivity contribution >= 4 is 16.8 Å². The van der Waals surface area contributed by atoms with Gasteiger partial charge in [-0.05, 0) is 26.7 Å². The lowest BCUT2D eigenvalue weighted by atomic mass is 9.98. The summed E-state index contributed by atoms with van der Waals surface area (Å²) in [6, 6.07) is 2.95. The molecule has 3 atom stereocenters. The van der Waals surface area contributed by atoms with Gasteiger partial charge in [0.15, 0.2) is 5.58 Å². The minimum atomic E-state index is -0.576. The summed E-state index contributed by atoms with van der Waals surface area (Å²) in [5.41, 5.74) is 1.15. The molecule has 0 spiro atoms. The minimum Gasteiger partial charge on any atom is -0.408 e. The Balaban J connectivity index is 1.95. The zero-order valence-corrected chi connectivity index (χ0v) is 12.4. The molecule has 1 saturated heterocycles. The quantitative estimate of drug-likeness (QED) is 0.925. The molecule has 6 heteroatoms. The van der Waals surface area contributed by atoms with Gasteiger partial charge in [0.2, 0.25) is 0 Å². The number of anilines is 1. The molecule has 0 amide bonds. The van der Waals surface area contributed by atoms with E-state index in [0.717, 1.165) is 12.8 Å². The van der Waals surface area contributed by atoms with Gasteiger partial charge in [-0.3, -0.25) is 4.98 Å². The van der Waals surface area contributed by atoms with Crippen molar-refractivity contribution in [1.82, 2.24) is 4.98 Å². The number of hydrogen-bond donors (Lipinski definition) is 1. The van der Waals surface area contributed by atoms with Gasteiger partial charge in [0, 0.05) is 19.2 Å².